The van der Waals surface area contributed by atoms with Gasteiger partial charge < -0.3 is 5.73 Å². The molecule has 7 heteroatoms. The van der Waals surface area contributed by atoms with Crippen molar-refractivity contribution in [2.45, 2.75) is 6.92 Å². The van der Waals surface area contributed by atoms with E-state index in [4.69, 9.17) is 28.9 Å². The van der Waals surface area contributed by atoms with Crippen molar-refractivity contribution in [2.75, 3.05) is 5.75 Å². The third-order valence-corrected chi connectivity index (χ3v) is 2.84. The van der Waals surface area contributed by atoms with Crippen LogP contribution in [0.4, 0.5) is 0 Å². The first-order valence-corrected chi connectivity index (χ1v) is 6.32. The molecule has 3 nitrogen and oxygen atoms in total. The highest BCUT2D eigenvalue weighted by Gasteiger charge is 1.97. The third kappa shape index (κ3) is 6.49. The molecule has 0 aliphatic heterocycles. The lowest BCUT2D eigenvalue weighted by molar-refractivity contribution is 1.25. The molecule has 1 aromatic rings. The highest BCUT2D eigenvalue weighted by Crippen LogP contribution is 2.19. The van der Waals surface area contributed by atoms with Crippen LogP contribution in [0, 0.1) is 0 Å². The Morgan fingerprint density at radius 3 is 2.76 bits per heavy atom. The number of thioether (sulfide) groups is 1. The SMILES string of the molecule is CCSC(N)=NN=Cc1ccc(Cl)cc1Cl.I. The number of rotatable bonds is 3. The molecule has 0 heterocycles. The van der Waals surface area contributed by atoms with Crippen molar-refractivity contribution < 1.29 is 0 Å². The summed E-state index contributed by atoms with van der Waals surface area (Å²) in [6.45, 7) is 1.99. The van der Waals surface area contributed by atoms with Gasteiger partial charge in [0.1, 0.15) is 0 Å². The molecule has 0 aliphatic carbocycles. The average Bonchev–Trinajstić information content (AvgIpc) is 2.22. The molecule has 17 heavy (non-hydrogen) atoms. The maximum absolute atomic E-state index is 5.95. The monoisotopic (exact) mass is 403 g/mol. The normalized spacial score (nSPS) is 11.6. The minimum Gasteiger partial charge on any atom is -0.377 e. The summed E-state index contributed by atoms with van der Waals surface area (Å²) in [7, 11) is 0. The lowest BCUT2D eigenvalue weighted by Gasteiger charge is -1.97. The van der Waals surface area contributed by atoms with E-state index in [1.807, 2.05) is 6.92 Å². The van der Waals surface area contributed by atoms with Crippen molar-refractivity contribution in [3.63, 3.8) is 0 Å². The van der Waals surface area contributed by atoms with Crippen LogP contribution in [0.3, 0.4) is 0 Å². The topological polar surface area (TPSA) is 50.7 Å². The molecule has 0 spiro atoms. The Hall–Kier alpha value is 0.0200. The summed E-state index contributed by atoms with van der Waals surface area (Å²) in [6, 6.07) is 5.16. The van der Waals surface area contributed by atoms with Crippen LogP contribution in [0.15, 0.2) is 28.4 Å². The fourth-order valence-corrected chi connectivity index (χ4v) is 1.79. The summed E-state index contributed by atoms with van der Waals surface area (Å²) in [4.78, 5) is 0. The van der Waals surface area contributed by atoms with Gasteiger partial charge in [-0.1, -0.05) is 48.0 Å². The molecule has 0 atom stereocenters. The van der Waals surface area contributed by atoms with Crippen LogP contribution in [0.5, 0.6) is 0 Å². The van der Waals surface area contributed by atoms with E-state index in [0.29, 0.717) is 15.2 Å². The van der Waals surface area contributed by atoms with E-state index in [1.54, 1.807) is 24.4 Å². The number of amidine groups is 1. The van der Waals surface area contributed by atoms with Gasteiger partial charge in [0.15, 0.2) is 5.17 Å². The van der Waals surface area contributed by atoms with Gasteiger partial charge in [0.25, 0.3) is 0 Å². The van der Waals surface area contributed by atoms with Crippen LogP contribution in [-0.4, -0.2) is 17.1 Å². The summed E-state index contributed by atoms with van der Waals surface area (Å²) < 4.78 is 0. The van der Waals surface area contributed by atoms with Crippen LogP contribution in [0.1, 0.15) is 12.5 Å². The molecule has 0 aromatic heterocycles. The fourth-order valence-electron chi connectivity index (χ4n) is 0.931. The van der Waals surface area contributed by atoms with Crippen molar-refractivity contribution in [3.05, 3.63) is 33.8 Å². The molecule has 0 unspecified atom stereocenters. The molecule has 94 valence electrons. The predicted molar refractivity (Wildman–Crippen MR) is 89.2 cm³/mol. The van der Waals surface area contributed by atoms with Gasteiger partial charge in [0, 0.05) is 10.6 Å². The number of hydrogen-bond acceptors (Lipinski definition) is 3. The van der Waals surface area contributed by atoms with Crippen molar-refractivity contribution in [3.8, 4) is 0 Å². The highest BCUT2D eigenvalue weighted by molar-refractivity contribution is 14.0. The maximum Gasteiger partial charge on any atom is 0.180 e. The second kappa shape index (κ2) is 9.02. The van der Waals surface area contributed by atoms with Crippen molar-refractivity contribution >= 4 is 70.3 Å². The van der Waals surface area contributed by atoms with Gasteiger partial charge in [-0.05, 0) is 17.9 Å². The van der Waals surface area contributed by atoms with E-state index in [2.05, 4.69) is 10.2 Å². The Bertz CT molecular complexity index is 424. The first kappa shape index (κ1) is 17.0. The van der Waals surface area contributed by atoms with E-state index in [1.165, 1.54) is 11.8 Å². The van der Waals surface area contributed by atoms with Crippen LogP contribution in [0.2, 0.25) is 10.0 Å². The van der Waals surface area contributed by atoms with Crippen molar-refractivity contribution in [1.29, 1.82) is 0 Å². The van der Waals surface area contributed by atoms with Crippen LogP contribution < -0.4 is 5.73 Å². The van der Waals surface area contributed by atoms with E-state index in [9.17, 15) is 0 Å². The van der Waals surface area contributed by atoms with Crippen molar-refractivity contribution in [1.82, 2.24) is 0 Å². The first-order valence-electron chi connectivity index (χ1n) is 4.58. The van der Waals surface area contributed by atoms with Gasteiger partial charge in [-0.15, -0.1) is 29.1 Å². The summed E-state index contributed by atoms with van der Waals surface area (Å²) in [6.07, 6.45) is 1.54. The third-order valence-electron chi connectivity index (χ3n) is 1.61. The minimum atomic E-state index is 0. The van der Waals surface area contributed by atoms with Gasteiger partial charge >= 0.3 is 0 Å². The Morgan fingerprint density at radius 2 is 2.18 bits per heavy atom. The van der Waals surface area contributed by atoms with Crippen LogP contribution in [-0.2, 0) is 0 Å². The zero-order chi connectivity index (χ0) is 12.0. The highest BCUT2D eigenvalue weighted by atomic mass is 127. The molecule has 0 saturated heterocycles. The average molecular weight is 404 g/mol. The number of nitrogens with two attached hydrogens (primary N) is 1. The fraction of sp³-hybridized carbons (Fsp3) is 0.200. The molecule has 0 saturated carbocycles. The molecule has 0 radical (unpaired) electrons. The number of benzene rings is 1. The van der Waals surface area contributed by atoms with Gasteiger partial charge in [0.2, 0.25) is 0 Å². The number of halogens is 3. The Kier molecular flexibility index (Phi) is 9.03. The van der Waals surface area contributed by atoms with Gasteiger partial charge in [-0.2, -0.15) is 5.10 Å². The standard InChI is InChI=1S/C10H11Cl2N3S.HI/c1-2-16-10(13)15-14-6-7-3-4-8(11)5-9(7)12;/h3-6H,2H2,1H3,(H2,13,15);1H. The molecule has 0 fully saturated rings. The lowest BCUT2D eigenvalue weighted by atomic mass is 10.2. The molecule has 0 aliphatic rings. The molecule has 2 N–H and O–H groups in total. The van der Waals surface area contributed by atoms with E-state index in [-0.39, 0.29) is 24.0 Å². The summed E-state index contributed by atoms with van der Waals surface area (Å²) in [5.74, 6) is 0.868. The molecule has 0 bridgehead atoms. The Morgan fingerprint density at radius 1 is 1.47 bits per heavy atom. The minimum absolute atomic E-state index is 0. The van der Waals surface area contributed by atoms with Crippen LogP contribution >= 0.6 is 58.9 Å². The summed E-state index contributed by atoms with van der Waals surface area (Å²) in [5.41, 5.74) is 6.31. The van der Waals surface area contributed by atoms with Gasteiger partial charge in [0.05, 0.1) is 11.2 Å². The quantitative estimate of drug-likeness (QED) is 0.358. The molecule has 1 aromatic carbocycles. The largest absolute Gasteiger partial charge is 0.377 e. The Labute approximate surface area is 132 Å². The number of hydrogen-bond donors (Lipinski definition) is 1. The van der Waals surface area contributed by atoms with Gasteiger partial charge in [-0.3, -0.25) is 0 Å². The molecular weight excluding hydrogens is 392 g/mol. The predicted octanol–water partition coefficient (Wildman–Crippen LogP) is 4.01. The maximum atomic E-state index is 5.95. The lowest BCUT2D eigenvalue weighted by Crippen LogP contribution is -2.05. The van der Waals surface area contributed by atoms with Gasteiger partial charge in [-0.25, -0.2) is 0 Å². The van der Waals surface area contributed by atoms with E-state index < -0.39 is 0 Å². The van der Waals surface area contributed by atoms with Crippen molar-refractivity contribution in [2.24, 2.45) is 15.9 Å². The number of nitrogens with zero attached hydrogens (tertiary/aromatic N) is 2. The summed E-state index contributed by atoms with van der Waals surface area (Å²) >= 11 is 13.1. The summed E-state index contributed by atoms with van der Waals surface area (Å²) in [5, 5.41) is 9.21. The van der Waals surface area contributed by atoms with E-state index >= 15 is 0 Å². The zero-order valence-electron chi connectivity index (χ0n) is 9.06. The molecule has 1 rings (SSSR count). The van der Waals surface area contributed by atoms with E-state index in [0.717, 1.165) is 11.3 Å². The first-order chi connectivity index (χ1) is 7.63. The van der Waals surface area contributed by atoms with Crippen LogP contribution in [0.25, 0.3) is 0 Å². The molecular formula is C10H12Cl2IN3S. The smallest absolute Gasteiger partial charge is 0.180 e. The second-order valence-electron chi connectivity index (χ2n) is 2.78. The Balaban J connectivity index is 0.00000256. The second-order valence-corrected chi connectivity index (χ2v) is 4.91. The molecule has 0 amide bonds. The zero-order valence-corrected chi connectivity index (χ0v) is 13.7.